The zero-order chi connectivity index (χ0) is 91.5. The summed E-state index contributed by atoms with van der Waals surface area (Å²) < 4.78 is 40.2. The van der Waals surface area contributed by atoms with Crippen LogP contribution in [0.15, 0.2) is 239 Å². The Morgan fingerprint density at radius 2 is 0.356 bits per heavy atom. The predicted octanol–water partition coefficient (Wildman–Crippen LogP) is 34.7. The first-order valence-electron chi connectivity index (χ1n) is 48.7. The van der Waals surface area contributed by atoms with Crippen LogP contribution < -0.4 is 18.9 Å². The number of hydrogen-bond donors (Lipinski definition) is 0. The van der Waals surface area contributed by atoms with E-state index >= 15 is 0 Å². The van der Waals surface area contributed by atoms with E-state index in [0.717, 1.165) is 186 Å². The van der Waals surface area contributed by atoms with Gasteiger partial charge in [-0.05, 0) is 205 Å². The van der Waals surface area contributed by atoms with Crippen molar-refractivity contribution in [2.45, 2.75) is 209 Å². The number of aromatic nitrogens is 4. The Bertz CT molecular complexity index is 5570. The first kappa shape index (κ1) is 96.4. The monoisotopic (exact) mass is 1750 g/mol. The van der Waals surface area contributed by atoms with Crippen LogP contribution in [-0.4, -0.2) is 46.8 Å². The molecule has 0 fully saturated rings. The first-order valence-corrected chi connectivity index (χ1v) is 48.7. The largest absolute Gasteiger partial charge is 0.493 e. The Labute approximate surface area is 786 Å². The lowest BCUT2D eigenvalue weighted by molar-refractivity contribution is 0.295. The normalized spacial score (nSPS) is 11.9. The third-order valence-electron chi connectivity index (χ3n) is 24.0. The minimum absolute atomic E-state index is 0.483. The average molecular weight is 1750 g/mol. The van der Waals surface area contributed by atoms with Crippen molar-refractivity contribution in [3.05, 3.63) is 342 Å². The van der Waals surface area contributed by atoms with Crippen molar-refractivity contribution in [1.82, 2.24) is 20.4 Å². The maximum Gasteiger partial charge on any atom is 0.248 e. The van der Waals surface area contributed by atoms with Gasteiger partial charge in [0, 0.05) is 44.5 Å². The third kappa shape index (κ3) is 31.0. The SMILES string of the molecule is CCCCCCCCOc1cc(/C=C/c2cc(/C=C/c3ccc(/C=C/c4ccc(-c5nnc(-c6ccc(C)cc6)o5)cc4)cc3)c(/C=C/c3cc(OCCCCCCCC)c(/C=C/c4ccc(C)cc4)cc3OCCCCCCCC)cc2/C=C/c2ccc(/C=C/c3ccc(-c4nnc(-c5ccc(C)cc5)o4)cc3)cc2)c(OCCCCCCCC)cc1/C=C/c1ccc(C)cc1. The summed E-state index contributed by atoms with van der Waals surface area (Å²) >= 11 is 0. The van der Waals surface area contributed by atoms with E-state index in [1.165, 1.54) is 125 Å². The number of nitrogens with zero attached hydrogens (tertiary/aromatic N) is 4. The molecule has 0 aliphatic heterocycles. The van der Waals surface area contributed by atoms with Crippen molar-refractivity contribution in [2.75, 3.05) is 26.4 Å². The highest BCUT2D eigenvalue weighted by Crippen LogP contribution is 2.38. The summed E-state index contributed by atoms with van der Waals surface area (Å²) in [6.07, 6.45) is 63.4. The van der Waals surface area contributed by atoms with Crippen molar-refractivity contribution in [3.63, 3.8) is 0 Å². The summed E-state index contributed by atoms with van der Waals surface area (Å²) in [7, 11) is 0. The van der Waals surface area contributed by atoms with Crippen LogP contribution in [0.25, 0.3) is 143 Å². The van der Waals surface area contributed by atoms with Gasteiger partial charge in [0.05, 0.1) is 26.4 Å². The molecule has 0 bridgehead atoms. The Kier molecular flexibility index (Phi) is 38.4. The summed E-state index contributed by atoms with van der Waals surface area (Å²) in [5, 5.41) is 17.5. The molecule has 0 aliphatic rings. The molecule has 0 radical (unpaired) electrons. The van der Waals surface area contributed by atoms with Gasteiger partial charge in [-0.3, -0.25) is 0 Å². The van der Waals surface area contributed by atoms with Crippen molar-refractivity contribution in [3.8, 4) is 68.8 Å². The van der Waals surface area contributed by atoms with E-state index in [1.807, 2.05) is 48.5 Å². The van der Waals surface area contributed by atoms with E-state index in [2.05, 4.69) is 355 Å². The van der Waals surface area contributed by atoms with Gasteiger partial charge in [-0.2, -0.15) is 0 Å². The van der Waals surface area contributed by atoms with Crippen molar-refractivity contribution < 1.29 is 27.8 Å². The molecule has 678 valence electrons. The molecule has 10 nitrogen and oxygen atoms in total. The third-order valence-corrected chi connectivity index (χ3v) is 24.0. The number of rotatable bonds is 52. The van der Waals surface area contributed by atoms with E-state index < -0.39 is 0 Å². The van der Waals surface area contributed by atoms with Gasteiger partial charge in [0.2, 0.25) is 23.6 Å². The second-order valence-electron chi connectivity index (χ2n) is 35.1. The van der Waals surface area contributed by atoms with Crippen molar-refractivity contribution >= 4 is 97.2 Å². The molecule has 0 atom stereocenters. The van der Waals surface area contributed by atoms with Gasteiger partial charge in [-0.1, -0.05) is 421 Å². The van der Waals surface area contributed by atoms with Crippen LogP contribution in [0.2, 0.25) is 0 Å². The summed E-state index contributed by atoms with van der Waals surface area (Å²) in [5.41, 5.74) is 24.9. The summed E-state index contributed by atoms with van der Waals surface area (Å²) in [5.74, 6) is 5.27. The number of unbranched alkanes of at least 4 members (excludes halogenated alkanes) is 20. The fourth-order valence-electron chi connectivity index (χ4n) is 15.8. The quantitative estimate of drug-likeness (QED) is 0.0270. The van der Waals surface area contributed by atoms with Crippen LogP contribution in [0.3, 0.4) is 0 Å². The lowest BCUT2D eigenvalue weighted by Crippen LogP contribution is -2.03. The molecule has 132 heavy (non-hydrogen) atoms. The van der Waals surface area contributed by atoms with Gasteiger partial charge in [-0.25, -0.2) is 0 Å². The summed E-state index contributed by atoms with van der Waals surface area (Å²) in [6.45, 7) is 19.9. The van der Waals surface area contributed by atoms with Crippen molar-refractivity contribution in [1.29, 1.82) is 0 Å². The molecular formula is C122H134N4O6. The zero-order valence-corrected chi connectivity index (χ0v) is 79.2. The van der Waals surface area contributed by atoms with E-state index in [0.29, 0.717) is 50.0 Å². The smallest absolute Gasteiger partial charge is 0.248 e. The average Bonchev–Trinajstić information content (AvgIpc) is 0.906. The summed E-state index contributed by atoms with van der Waals surface area (Å²) in [4.78, 5) is 0. The molecule has 13 aromatic rings. The molecule has 0 unspecified atom stereocenters. The van der Waals surface area contributed by atoms with Gasteiger partial charge in [0.1, 0.15) is 23.0 Å². The molecule has 0 saturated heterocycles. The van der Waals surface area contributed by atoms with E-state index in [9.17, 15) is 0 Å². The van der Waals surface area contributed by atoms with E-state index in [-0.39, 0.29) is 0 Å². The second-order valence-corrected chi connectivity index (χ2v) is 35.1. The standard InChI is InChI=1S/C122H134N4O6/c1-9-13-17-21-25-29-81-127-115-89-113(117(129-83-31-27-23-19-15-11-3)87-111(115)75-63-95-41-33-91(5)34-42-95)79-77-109-85-108(74-62-100-53-47-98(48-54-100)50-56-102-59-71-106(72-60-102)122-126-124-120(132-122)104-67-39-94(8)40-68-104)110(86-107(109)73-61-99-51-45-97(46-52-99)49-55-101-57-69-105(70-58-101)121-125-123-119(131-121)103-65-37-93(7)38-66-103)78-80-114-90-116(128-82-30-26-22-18-14-10-2)112(76-64-96-43-35-92(6)36-44-96)88-118(114)130-84-32-28-24-20-16-12-4/h33-80,85-90H,9-32,81-84H2,1-8H3/b55-49+,56-50+,73-61+,74-62+,75-63+,76-64+,79-77+,80-78+. The molecule has 2 heterocycles. The Balaban J connectivity index is 0.901. The lowest BCUT2D eigenvalue weighted by atomic mass is 9.94. The van der Waals surface area contributed by atoms with Gasteiger partial charge >= 0.3 is 0 Å². The highest BCUT2D eigenvalue weighted by molar-refractivity contribution is 5.89. The molecule has 0 saturated carbocycles. The molecule has 11 aromatic carbocycles. The van der Waals surface area contributed by atoms with E-state index in [4.69, 9.17) is 27.8 Å². The molecule has 0 N–H and O–H groups in total. The van der Waals surface area contributed by atoms with Crippen LogP contribution in [0, 0.1) is 27.7 Å². The first-order chi connectivity index (χ1) is 64.9. The van der Waals surface area contributed by atoms with E-state index in [1.54, 1.807) is 0 Å². The highest BCUT2D eigenvalue weighted by atomic mass is 16.5. The topological polar surface area (TPSA) is 115 Å². The molecule has 13 rings (SSSR count). The van der Waals surface area contributed by atoms with Crippen LogP contribution in [0.5, 0.6) is 23.0 Å². The fourth-order valence-corrected chi connectivity index (χ4v) is 15.8. The zero-order valence-electron chi connectivity index (χ0n) is 79.2. The summed E-state index contributed by atoms with van der Waals surface area (Å²) in [6, 6.07) is 81.1. The number of aryl methyl sites for hydroxylation is 4. The van der Waals surface area contributed by atoms with Crippen LogP contribution in [0.4, 0.5) is 0 Å². The predicted molar refractivity (Wildman–Crippen MR) is 561 cm³/mol. The maximum absolute atomic E-state index is 7.02. The molecule has 10 heteroatoms. The Morgan fingerprint density at radius 3 is 0.591 bits per heavy atom. The van der Waals surface area contributed by atoms with Crippen LogP contribution in [0.1, 0.15) is 293 Å². The molecule has 0 amide bonds. The molecule has 0 spiro atoms. The molecule has 0 aliphatic carbocycles. The maximum atomic E-state index is 7.02. The second kappa shape index (κ2) is 52.6. The highest BCUT2D eigenvalue weighted by Gasteiger charge is 2.18. The van der Waals surface area contributed by atoms with Gasteiger partial charge in [-0.15, -0.1) is 20.4 Å². The Hall–Kier alpha value is -13.2. The minimum atomic E-state index is 0.483. The number of benzene rings is 11. The van der Waals surface area contributed by atoms with Gasteiger partial charge in [0.25, 0.3) is 0 Å². The van der Waals surface area contributed by atoms with Crippen LogP contribution >= 0.6 is 0 Å². The number of ether oxygens (including phenoxy) is 4. The number of hydrogen-bond acceptors (Lipinski definition) is 10. The van der Waals surface area contributed by atoms with Crippen LogP contribution in [-0.2, 0) is 0 Å². The van der Waals surface area contributed by atoms with Gasteiger partial charge < -0.3 is 27.8 Å². The minimum Gasteiger partial charge on any atom is -0.493 e. The Morgan fingerprint density at radius 1 is 0.189 bits per heavy atom. The van der Waals surface area contributed by atoms with Gasteiger partial charge in [0.15, 0.2) is 0 Å². The molecular weight excluding hydrogens is 1620 g/mol. The fraction of sp³-hybridized carbons (Fsp3) is 0.295. The van der Waals surface area contributed by atoms with Crippen molar-refractivity contribution in [2.24, 2.45) is 0 Å². The lowest BCUT2D eigenvalue weighted by Gasteiger charge is -2.16. The molecule has 2 aromatic heterocycles.